The lowest BCUT2D eigenvalue weighted by Gasteiger charge is -2.31. The summed E-state index contributed by atoms with van der Waals surface area (Å²) in [6.45, 7) is 3.88. The van der Waals surface area contributed by atoms with Gasteiger partial charge in [-0.15, -0.1) is 11.3 Å². The van der Waals surface area contributed by atoms with Crippen LogP contribution in [0.2, 0.25) is 0 Å². The highest BCUT2D eigenvalue weighted by Crippen LogP contribution is 2.29. The smallest absolute Gasteiger partial charge is 0.263 e. The van der Waals surface area contributed by atoms with E-state index in [9.17, 15) is 4.79 Å². The highest BCUT2D eigenvalue weighted by molar-refractivity contribution is 7.12. The number of ether oxygens (including phenoxy) is 2. The van der Waals surface area contributed by atoms with Gasteiger partial charge in [-0.3, -0.25) is 4.79 Å². The number of benzene rings is 1. The summed E-state index contributed by atoms with van der Waals surface area (Å²) in [6, 6.07) is 9.83. The molecule has 0 unspecified atom stereocenters. The Morgan fingerprint density at radius 2 is 1.91 bits per heavy atom. The summed E-state index contributed by atoms with van der Waals surface area (Å²) in [5.41, 5.74) is 1.86. The molecule has 1 saturated heterocycles. The topological polar surface area (TPSA) is 78.2 Å². The van der Waals surface area contributed by atoms with Crippen molar-refractivity contribution in [2.45, 2.75) is 32.2 Å². The zero-order valence-electron chi connectivity index (χ0n) is 19.8. The van der Waals surface area contributed by atoms with Crippen LogP contribution in [-0.2, 0) is 16.2 Å². The molecule has 0 atom stereocenters. The zero-order chi connectivity index (χ0) is 23.9. The standard InChI is InChI=1S/C25H30N4O4S/c1-18(23-5-4-12-34-23)27-33-17-24(30)28-9-6-20(7-10-28)25-26-8-11-29(25)16-19-13-21(31-2)15-22(14-19)32-3/h4-5,8,11-15,20H,6-7,9-10,16-17H2,1-3H3. The van der Waals surface area contributed by atoms with E-state index in [2.05, 4.69) is 14.7 Å². The van der Waals surface area contributed by atoms with Crippen LogP contribution in [0.3, 0.4) is 0 Å². The summed E-state index contributed by atoms with van der Waals surface area (Å²) in [5.74, 6) is 2.83. The van der Waals surface area contributed by atoms with Crippen LogP contribution < -0.4 is 9.47 Å². The number of aromatic nitrogens is 2. The molecule has 0 bridgehead atoms. The number of carbonyl (C=O) groups excluding carboxylic acids is 1. The maximum atomic E-state index is 12.6. The Labute approximate surface area is 203 Å². The normalized spacial score (nSPS) is 14.8. The average Bonchev–Trinajstić information content (AvgIpc) is 3.56. The quantitative estimate of drug-likeness (QED) is 0.338. The fraction of sp³-hybridized carbons (Fsp3) is 0.400. The summed E-state index contributed by atoms with van der Waals surface area (Å²) >= 11 is 1.60. The molecule has 180 valence electrons. The molecule has 34 heavy (non-hydrogen) atoms. The predicted octanol–water partition coefficient (Wildman–Crippen LogP) is 4.16. The number of likely N-dealkylation sites (tertiary alicyclic amines) is 1. The number of nitrogens with zero attached hydrogens (tertiary/aromatic N) is 4. The first-order valence-corrected chi connectivity index (χ1v) is 12.2. The van der Waals surface area contributed by atoms with E-state index in [1.165, 1.54) is 0 Å². The van der Waals surface area contributed by atoms with Crippen LogP contribution in [0.1, 0.15) is 41.9 Å². The van der Waals surface area contributed by atoms with Gasteiger partial charge in [0, 0.05) is 44.0 Å². The van der Waals surface area contributed by atoms with E-state index in [0.29, 0.717) is 25.6 Å². The van der Waals surface area contributed by atoms with Crippen molar-refractivity contribution in [2.24, 2.45) is 5.16 Å². The molecule has 3 aromatic rings. The molecule has 1 amide bonds. The van der Waals surface area contributed by atoms with E-state index in [-0.39, 0.29) is 12.5 Å². The van der Waals surface area contributed by atoms with Crippen molar-refractivity contribution < 1.29 is 19.1 Å². The third-order valence-electron chi connectivity index (χ3n) is 5.99. The van der Waals surface area contributed by atoms with Crippen LogP contribution in [0.15, 0.2) is 53.3 Å². The fourth-order valence-electron chi connectivity index (χ4n) is 4.16. The number of amides is 1. The zero-order valence-corrected chi connectivity index (χ0v) is 20.6. The van der Waals surface area contributed by atoms with Crippen molar-refractivity contribution in [3.63, 3.8) is 0 Å². The molecule has 8 nitrogen and oxygen atoms in total. The molecule has 1 aromatic carbocycles. The van der Waals surface area contributed by atoms with Gasteiger partial charge < -0.3 is 23.8 Å². The number of rotatable bonds is 9. The number of oxime groups is 1. The lowest BCUT2D eigenvalue weighted by molar-refractivity contribution is -0.137. The Morgan fingerprint density at radius 3 is 2.56 bits per heavy atom. The van der Waals surface area contributed by atoms with E-state index < -0.39 is 0 Å². The summed E-state index contributed by atoms with van der Waals surface area (Å²) < 4.78 is 13.0. The first kappa shape index (κ1) is 23.8. The second-order valence-corrected chi connectivity index (χ2v) is 9.16. The molecular formula is C25H30N4O4S. The molecule has 2 aromatic heterocycles. The molecule has 4 rings (SSSR count). The summed E-state index contributed by atoms with van der Waals surface area (Å²) in [6.07, 6.45) is 5.57. The van der Waals surface area contributed by atoms with E-state index >= 15 is 0 Å². The summed E-state index contributed by atoms with van der Waals surface area (Å²) in [7, 11) is 3.30. The number of imidazole rings is 1. The minimum atomic E-state index is -0.0420. The molecule has 0 N–H and O–H groups in total. The maximum absolute atomic E-state index is 12.6. The molecule has 0 aliphatic carbocycles. The highest BCUT2D eigenvalue weighted by atomic mass is 32.1. The molecule has 3 heterocycles. The van der Waals surface area contributed by atoms with Crippen molar-refractivity contribution in [3.05, 3.63) is 64.4 Å². The molecule has 1 aliphatic heterocycles. The first-order chi connectivity index (χ1) is 16.6. The van der Waals surface area contributed by atoms with Crippen molar-refractivity contribution >= 4 is 23.0 Å². The monoisotopic (exact) mass is 482 g/mol. The van der Waals surface area contributed by atoms with E-state index in [1.54, 1.807) is 25.6 Å². The number of hydrogen-bond donors (Lipinski definition) is 0. The molecule has 9 heteroatoms. The molecular weight excluding hydrogens is 452 g/mol. The summed E-state index contributed by atoms with van der Waals surface area (Å²) in [5, 5.41) is 6.07. The number of thiophene rings is 1. The van der Waals surface area contributed by atoms with Gasteiger partial charge in [0.1, 0.15) is 17.3 Å². The van der Waals surface area contributed by atoms with Gasteiger partial charge in [-0.05, 0) is 48.9 Å². The minimum absolute atomic E-state index is 0.0343. The minimum Gasteiger partial charge on any atom is -0.497 e. The third kappa shape index (κ3) is 5.77. The van der Waals surface area contributed by atoms with Crippen LogP contribution in [-0.4, -0.2) is 60.0 Å². The third-order valence-corrected chi connectivity index (χ3v) is 6.97. The van der Waals surface area contributed by atoms with Gasteiger partial charge in [0.05, 0.1) is 24.8 Å². The Balaban J connectivity index is 1.31. The van der Waals surface area contributed by atoms with E-state index in [4.69, 9.17) is 14.3 Å². The molecule has 0 saturated carbocycles. The van der Waals surface area contributed by atoms with E-state index in [1.807, 2.05) is 59.9 Å². The lowest BCUT2D eigenvalue weighted by Crippen LogP contribution is -2.40. The molecule has 0 radical (unpaired) electrons. The van der Waals surface area contributed by atoms with Crippen molar-refractivity contribution in [1.82, 2.24) is 14.5 Å². The van der Waals surface area contributed by atoms with Crippen LogP contribution in [0, 0.1) is 0 Å². The Kier molecular flexibility index (Phi) is 7.84. The van der Waals surface area contributed by atoms with Gasteiger partial charge in [0.25, 0.3) is 5.91 Å². The Hall–Kier alpha value is -3.33. The van der Waals surface area contributed by atoms with Crippen LogP contribution >= 0.6 is 11.3 Å². The highest BCUT2D eigenvalue weighted by Gasteiger charge is 2.26. The number of hydrogen-bond acceptors (Lipinski definition) is 7. The number of methoxy groups -OCH3 is 2. The lowest BCUT2D eigenvalue weighted by atomic mass is 9.95. The molecule has 1 aliphatic rings. The first-order valence-electron chi connectivity index (χ1n) is 11.3. The van der Waals surface area contributed by atoms with Gasteiger partial charge in [0.2, 0.25) is 0 Å². The molecule has 0 spiro atoms. The number of carbonyl (C=O) groups is 1. The van der Waals surface area contributed by atoms with Gasteiger partial charge in [-0.25, -0.2) is 4.98 Å². The SMILES string of the molecule is COc1cc(Cn2ccnc2C2CCN(C(=O)CON=C(C)c3cccs3)CC2)cc(OC)c1. The van der Waals surface area contributed by atoms with Crippen molar-refractivity contribution in [2.75, 3.05) is 33.9 Å². The fourth-order valence-corrected chi connectivity index (χ4v) is 4.83. The van der Waals surface area contributed by atoms with Crippen LogP contribution in [0.5, 0.6) is 11.5 Å². The van der Waals surface area contributed by atoms with Gasteiger partial charge in [-0.2, -0.15) is 0 Å². The van der Waals surface area contributed by atoms with Gasteiger partial charge in [-0.1, -0.05) is 11.2 Å². The molecule has 1 fully saturated rings. The van der Waals surface area contributed by atoms with Crippen LogP contribution in [0.4, 0.5) is 0 Å². The Morgan fingerprint density at radius 1 is 1.18 bits per heavy atom. The van der Waals surface area contributed by atoms with Crippen molar-refractivity contribution in [1.29, 1.82) is 0 Å². The Bertz CT molecular complexity index is 1100. The summed E-state index contributed by atoms with van der Waals surface area (Å²) in [4.78, 5) is 25.4. The van der Waals surface area contributed by atoms with E-state index in [0.717, 1.165) is 46.3 Å². The largest absolute Gasteiger partial charge is 0.497 e. The predicted molar refractivity (Wildman–Crippen MR) is 132 cm³/mol. The van der Waals surface area contributed by atoms with Crippen molar-refractivity contribution in [3.8, 4) is 11.5 Å². The second kappa shape index (κ2) is 11.2. The maximum Gasteiger partial charge on any atom is 0.263 e. The van der Waals surface area contributed by atoms with Gasteiger partial charge in [0.15, 0.2) is 6.61 Å². The van der Waals surface area contributed by atoms with Gasteiger partial charge >= 0.3 is 0 Å². The second-order valence-electron chi connectivity index (χ2n) is 8.22. The van der Waals surface area contributed by atoms with Crippen LogP contribution in [0.25, 0.3) is 0 Å². The average molecular weight is 483 g/mol. The number of piperidine rings is 1.